The van der Waals surface area contributed by atoms with E-state index < -0.39 is 5.60 Å². The Bertz CT molecular complexity index is 506. The van der Waals surface area contributed by atoms with E-state index in [9.17, 15) is 4.79 Å². The van der Waals surface area contributed by atoms with E-state index in [-0.39, 0.29) is 18.1 Å². The second-order valence-electron chi connectivity index (χ2n) is 7.04. The number of carbonyl (C=O) groups is 1. The number of hydrogen-bond acceptors (Lipinski definition) is 4. The molecule has 6 nitrogen and oxygen atoms in total. The van der Waals surface area contributed by atoms with Crippen molar-refractivity contribution in [2.75, 3.05) is 13.1 Å². The zero-order valence-corrected chi connectivity index (χ0v) is 14.1. The summed E-state index contributed by atoms with van der Waals surface area (Å²) >= 11 is 0. The molecule has 2 atom stereocenters. The number of carbonyl (C=O) groups excluding carboxylic acids is 1. The van der Waals surface area contributed by atoms with Gasteiger partial charge in [-0.15, -0.1) is 0 Å². The predicted octanol–water partition coefficient (Wildman–Crippen LogP) is 2.55. The quantitative estimate of drug-likeness (QED) is 0.927. The maximum Gasteiger partial charge on any atom is 0.410 e. The van der Waals surface area contributed by atoms with Crippen molar-refractivity contribution in [2.24, 2.45) is 11.7 Å². The van der Waals surface area contributed by atoms with Gasteiger partial charge in [0.25, 0.3) is 0 Å². The maximum atomic E-state index is 12.1. The molecule has 2 N–H and O–H groups in total. The largest absolute Gasteiger partial charge is 0.444 e. The van der Waals surface area contributed by atoms with Gasteiger partial charge in [0.05, 0.1) is 6.20 Å². The third kappa shape index (κ3) is 4.22. The summed E-state index contributed by atoms with van der Waals surface area (Å²) in [4.78, 5) is 13.9. The van der Waals surface area contributed by atoms with Crippen molar-refractivity contribution >= 4 is 6.09 Å². The highest BCUT2D eigenvalue weighted by atomic mass is 16.6. The van der Waals surface area contributed by atoms with Crippen LogP contribution in [0.2, 0.25) is 0 Å². The van der Waals surface area contributed by atoms with Crippen molar-refractivity contribution in [1.82, 2.24) is 14.7 Å². The van der Waals surface area contributed by atoms with Gasteiger partial charge >= 0.3 is 6.09 Å². The molecule has 0 bridgehead atoms. The van der Waals surface area contributed by atoms with E-state index in [1.54, 1.807) is 4.90 Å². The number of hydrogen-bond donors (Lipinski definition) is 1. The van der Waals surface area contributed by atoms with Crippen LogP contribution in [-0.2, 0) is 11.3 Å². The average Bonchev–Trinajstić information content (AvgIpc) is 3.05. The molecule has 22 heavy (non-hydrogen) atoms. The Morgan fingerprint density at radius 3 is 2.91 bits per heavy atom. The first-order chi connectivity index (χ1) is 10.3. The third-order valence-electron chi connectivity index (χ3n) is 3.88. The molecule has 0 saturated carbocycles. The SMILES string of the molecule is CCCn1cc(C(N)C2CCN(C(=O)OC(C)(C)C)C2)cn1. The van der Waals surface area contributed by atoms with Gasteiger partial charge < -0.3 is 15.4 Å². The van der Waals surface area contributed by atoms with Crippen LogP contribution >= 0.6 is 0 Å². The van der Waals surface area contributed by atoms with Crippen LogP contribution in [0.15, 0.2) is 12.4 Å². The standard InChI is InChI=1S/C16H28N4O2/c1-5-7-20-11-13(9-18-20)14(17)12-6-8-19(10-12)15(21)22-16(2,3)4/h9,11-12,14H,5-8,10,17H2,1-4H3. The van der Waals surface area contributed by atoms with Crippen LogP contribution in [0.5, 0.6) is 0 Å². The van der Waals surface area contributed by atoms with Gasteiger partial charge in [0.15, 0.2) is 0 Å². The minimum atomic E-state index is -0.460. The highest BCUT2D eigenvalue weighted by Gasteiger charge is 2.33. The van der Waals surface area contributed by atoms with Gasteiger partial charge in [-0.05, 0) is 39.5 Å². The monoisotopic (exact) mass is 308 g/mol. The van der Waals surface area contributed by atoms with E-state index in [1.807, 2.05) is 37.8 Å². The molecule has 2 heterocycles. The summed E-state index contributed by atoms with van der Waals surface area (Å²) in [6.45, 7) is 10.0. The fourth-order valence-corrected chi connectivity index (χ4v) is 2.75. The van der Waals surface area contributed by atoms with Gasteiger partial charge in [-0.3, -0.25) is 4.68 Å². The van der Waals surface area contributed by atoms with Crippen LogP contribution in [0.1, 0.15) is 52.1 Å². The van der Waals surface area contributed by atoms with Crippen molar-refractivity contribution < 1.29 is 9.53 Å². The molecule has 1 aliphatic heterocycles. The number of aromatic nitrogens is 2. The lowest BCUT2D eigenvalue weighted by Gasteiger charge is -2.25. The molecule has 1 aromatic rings. The number of rotatable bonds is 4. The van der Waals surface area contributed by atoms with E-state index in [0.717, 1.165) is 24.9 Å². The lowest BCUT2D eigenvalue weighted by Crippen LogP contribution is -2.36. The molecule has 2 rings (SSSR count). The second kappa shape index (κ2) is 6.69. The zero-order chi connectivity index (χ0) is 16.3. The first-order valence-electron chi connectivity index (χ1n) is 8.06. The highest BCUT2D eigenvalue weighted by Crippen LogP contribution is 2.29. The van der Waals surface area contributed by atoms with Crippen LogP contribution in [0, 0.1) is 5.92 Å². The number of ether oxygens (including phenoxy) is 1. The van der Waals surface area contributed by atoms with Gasteiger partial charge in [-0.2, -0.15) is 5.10 Å². The van der Waals surface area contributed by atoms with Crippen LogP contribution in [0.4, 0.5) is 4.79 Å². The molecule has 1 aliphatic rings. The summed E-state index contributed by atoms with van der Waals surface area (Å²) in [6.07, 6.45) is 5.57. The lowest BCUT2D eigenvalue weighted by atomic mass is 9.95. The summed E-state index contributed by atoms with van der Waals surface area (Å²) in [5, 5.41) is 4.33. The molecule has 6 heteroatoms. The van der Waals surface area contributed by atoms with Gasteiger partial charge in [-0.25, -0.2) is 4.79 Å². The lowest BCUT2D eigenvalue weighted by molar-refractivity contribution is 0.0286. The molecule has 1 aromatic heterocycles. The van der Waals surface area contributed by atoms with Crippen molar-refractivity contribution in [2.45, 2.75) is 58.7 Å². The Morgan fingerprint density at radius 1 is 1.55 bits per heavy atom. The Balaban J connectivity index is 1.92. The Hall–Kier alpha value is -1.56. The van der Waals surface area contributed by atoms with Crippen LogP contribution in [-0.4, -0.2) is 39.5 Å². The molecule has 1 fully saturated rings. The highest BCUT2D eigenvalue weighted by molar-refractivity contribution is 5.68. The first kappa shape index (κ1) is 16.8. The fourth-order valence-electron chi connectivity index (χ4n) is 2.75. The van der Waals surface area contributed by atoms with Crippen molar-refractivity contribution in [3.63, 3.8) is 0 Å². The maximum absolute atomic E-state index is 12.1. The average molecular weight is 308 g/mol. The normalized spacial score (nSPS) is 20.2. The van der Waals surface area contributed by atoms with E-state index in [2.05, 4.69) is 12.0 Å². The number of nitrogens with two attached hydrogens (primary N) is 1. The second-order valence-corrected chi connectivity index (χ2v) is 7.04. The molecule has 0 spiro atoms. The van der Waals surface area contributed by atoms with Gasteiger partial charge in [-0.1, -0.05) is 6.92 Å². The summed E-state index contributed by atoms with van der Waals surface area (Å²) < 4.78 is 7.35. The minimum absolute atomic E-state index is 0.0851. The van der Waals surface area contributed by atoms with E-state index in [0.29, 0.717) is 13.1 Å². The molecule has 0 aromatic carbocycles. The van der Waals surface area contributed by atoms with Crippen LogP contribution in [0.3, 0.4) is 0 Å². The minimum Gasteiger partial charge on any atom is -0.444 e. The van der Waals surface area contributed by atoms with E-state index in [4.69, 9.17) is 10.5 Å². The summed E-state index contributed by atoms with van der Waals surface area (Å²) in [6, 6.07) is -0.0851. The smallest absolute Gasteiger partial charge is 0.410 e. The predicted molar refractivity (Wildman–Crippen MR) is 85.4 cm³/mol. The first-order valence-corrected chi connectivity index (χ1v) is 8.06. The van der Waals surface area contributed by atoms with Gasteiger partial charge in [0.1, 0.15) is 5.60 Å². The number of aryl methyl sites for hydroxylation is 1. The molecule has 0 radical (unpaired) electrons. The van der Waals surface area contributed by atoms with Crippen molar-refractivity contribution in [1.29, 1.82) is 0 Å². The molecular formula is C16H28N4O2. The topological polar surface area (TPSA) is 73.4 Å². The van der Waals surface area contributed by atoms with Crippen molar-refractivity contribution in [3.8, 4) is 0 Å². The number of nitrogens with zero attached hydrogens (tertiary/aromatic N) is 3. The summed E-state index contributed by atoms with van der Waals surface area (Å²) in [7, 11) is 0. The van der Waals surface area contributed by atoms with E-state index >= 15 is 0 Å². The molecule has 2 unspecified atom stereocenters. The Kier molecular flexibility index (Phi) is 5.11. The van der Waals surface area contributed by atoms with Crippen LogP contribution < -0.4 is 5.73 Å². The number of likely N-dealkylation sites (tertiary alicyclic amines) is 1. The molecule has 0 aliphatic carbocycles. The molecular weight excluding hydrogens is 280 g/mol. The number of amides is 1. The summed E-state index contributed by atoms with van der Waals surface area (Å²) in [5.41, 5.74) is 6.95. The van der Waals surface area contributed by atoms with Gasteiger partial charge in [0.2, 0.25) is 0 Å². The van der Waals surface area contributed by atoms with Crippen LogP contribution in [0.25, 0.3) is 0 Å². The zero-order valence-electron chi connectivity index (χ0n) is 14.1. The van der Waals surface area contributed by atoms with Crippen molar-refractivity contribution in [3.05, 3.63) is 18.0 Å². The summed E-state index contributed by atoms with van der Waals surface area (Å²) in [5.74, 6) is 0.256. The van der Waals surface area contributed by atoms with E-state index in [1.165, 1.54) is 0 Å². The molecule has 1 amide bonds. The Morgan fingerprint density at radius 2 is 2.27 bits per heavy atom. The Labute approximate surface area is 132 Å². The van der Waals surface area contributed by atoms with Gasteiger partial charge in [0, 0.05) is 37.4 Å². The molecule has 124 valence electrons. The third-order valence-corrected chi connectivity index (χ3v) is 3.88. The fraction of sp³-hybridized carbons (Fsp3) is 0.750. The molecule has 1 saturated heterocycles.